The Labute approximate surface area is 158 Å². The summed E-state index contributed by atoms with van der Waals surface area (Å²) in [7, 11) is -1.49. The highest BCUT2D eigenvalue weighted by Crippen LogP contribution is 2.34. The van der Waals surface area contributed by atoms with Crippen molar-refractivity contribution in [3.05, 3.63) is 71.0 Å². The van der Waals surface area contributed by atoms with E-state index in [1.54, 1.807) is 30.3 Å². The second-order valence-corrected chi connectivity index (χ2v) is 6.74. The Hall–Kier alpha value is -2.81. The number of hydrogen-bond acceptors (Lipinski definition) is 3. The Balaban J connectivity index is 1.93. The molecule has 5 heteroatoms. The summed E-state index contributed by atoms with van der Waals surface area (Å²) >= 11 is 0. The Morgan fingerprint density at radius 3 is 2.41 bits per heavy atom. The monoisotopic (exact) mass is 362 g/mol. The molecule has 0 spiro atoms. The Morgan fingerprint density at radius 1 is 1.11 bits per heavy atom. The van der Waals surface area contributed by atoms with Crippen molar-refractivity contribution in [1.82, 2.24) is 0 Å². The normalized spacial score (nSPS) is 10.9. The molecule has 0 saturated carbocycles. The third-order valence-corrected chi connectivity index (χ3v) is 4.52. The zero-order valence-electron chi connectivity index (χ0n) is 15.2. The lowest BCUT2D eigenvalue weighted by molar-refractivity contribution is 0.306. The van der Waals surface area contributed by atoms with E-state index in [4.69, 9.17) is 21.2 Å². The highest BCUT2D eigenvalue weighted by Gasteiger charge is 2.15. The van der Waals surface area contributed by atoms with Gasteiger partial charge in [-0.15, -0.1) is 6.42 Å². The smallest absolute Gasteiger partial charge is 0.488 e. The molecule has 0 unspecified atom stereocenters. The van der Waals surface area contributed by atoms with Gasteiger partial charge in [0.15, 0.2) is 0 Å². The average molecular weight is 362 g/mol. The second kappa shape index (κ2) is 7.83. The van der Waals surface area contributed by atoms with E-state index >= 15 is 0 Å². The van der Waals surface area contributed by atoms with Crippen LogP contribution in [0.2, 0.25) is 0 Å². The van der Waals surface area contributed by atoms with Crippen molar-refractivity contribution in [2.45, 2.75) is 26.4 Å². The van der Waals surface area contributed by atoms with Crippen molar-refractivity contribution < 1.29 is 19.2 Å². The van der Waals surface area contributed by atoms with Gasteiger partial charge in [-0.1, -0.05) is 50.1 Å². The molecule has 0 amide bonds. The molecule has 3 aromatic carbocycles. The first-order valence-corrected chi connectivity index (χ1v) is 8.71. The molecule has 0 heterocycles. The average Bonchev–Trinajstić information content (AvgIpc) is 2.66. The number of terminal acetylenes is 1. The van der Waals surface area contributed by atoms with Crippen LogP contribution in [-0.4, -0.2) is 17.2 Å². The molecule has 3 rings (SSSR count). The van der Waals surface area contributed by atoms with E-state index in [1.165, 1.54) is 6.07 Å². The molecule has 0 aromatic heterocycles. The van der Waals surface area contributed by atoms with E-state index in [9.17, 15) is 4.39 Å². The minimum absolute atomic E-state index is 0.148. The van der Waals surface area contributed by atoms with Gasteiger partial charge in [-0.2, -0.15) is 0 Å². The van der Waals surface area contributed by atoms with Gasteiger partial charge in [0.05, 0.1) is 5.56 Å². The molecule has 0 aliphatic heterocycles. The van der Waals surface area contributed by atoms with Crippen molar-refractivity contribution in [2.75, 3.05) is 0 Å². The van der Waals surface area contributed by atoms with Gasteiger partial charge in [0, 0.05) is 5.39 Å². The molecule has 0 atom stereocenters. The lowest BCUT2D eigenvalue weighted by Crippen LogP contribution is -2.29. The van der Waals surface area contributed by atoms with Crippen molar-refractivity contribution in [1.29, 1.82) is 0 Å². The standard InChI is InChI=1S/C22H20BFO3/c1-4-19-21(24)10-7-16-11-18(12-20(14(2)3)22(16)19)27-13-15-5-8-17(9-6-15)23(25)26/h1,5-12,14,25-26H,13H2,2-3H3. The Morgan fingerprint density at radius 2 is 1.81 bits per heavy atom. The Bertz CT molecular complexity index is 1000. The zero-order valence-corrected chi connectivity index (χ0v) is 15.2. The van der Waals surface area contributed by atoms with Crippen LogP contribution in [0.25, 0.3) is 10.8 Å². The van der Waals surface area contributed by atoms with Crippen molar-refractivity contribution >= 4 is 23.4 Å². The molecule has 0 aliphatic carbocycles. The third-order valence-electron chi connectivity index (χ3n) is 4.52. The summed E-state index contributed by atoms with van der Waals surface area (Å²) in [5, 5.41) is 19.9. The summed E-state index contributed by atoms with van der Waals surface area (Å²) in [6.07, 6.45) is 5.54. The van der Waals surface area contributed by atoms with E-state index in [-0.39, 0.29) is 11.5 Å². The number of fused-ring (bicyclic) bond motifs is 1. The van der Waals surface area contributed by atoms with Crippen LogP contribution in [-0.2, 0) is 6.61 Å². The maximum absolute atomic E-state index is 14.1. The van der Waals surface area contributed by atoms with Crippen molar-refractivity contribution in [3.8, 4) is 18.1 Å². The van der Waals surface area contributed by atoms with Gasteiger partial charge in [0.1, 0.15) is 18.2 Å². The molecule has 0 saturated heterocycles. The second-order valence-electron chi connectivity index (χ2n) is 6.74. The number of hydrogen-bond donors (Lipinski definition) is 2. The van der Waals surface area contributed by atoms with Crippen LogP contribution in [0.3, 0.4) is 0 Å². The largest absolute Gasteiger partial charge is 0.489 e. The van der Waals surface area contributed by atoms with Crippen molar-refractivity contribution in [2.24, 2.45) is 0 Å². The zero-order chi connectivity index (χ0) is 19.6. The summed E-state index contributed by atoms with van der Waals surface area (Å²) in [6, 6.07) is 13.7. The van der Waals surface area contributed by atoms with Gasteiger partial charge in [-0.05, 0) is 46.1 Å². The molecule has 136 valence electrons. The van der Waals surface area contributed by atoms with E-state index < -0.39 is 12.9 Å². The van der Waals surface area contributed by atoms with E-state index in [2.05, 4.69) is 5.92 Å². The maximum Gasteiger partial charge on any atom is 0.488 e. The topological polar surface area (TPSA) is 49.7 Å². The molecule has 3 aromatic rings. The van der Waals surface area contributed by atoms with E-state index in [0.717, 1.165) is 21.9 Å². The number of ether oxygens (including phenoxy) is 1. The minimum atomic E-state index is -1.49. The Kier molecular flexibility index (Phi) is 5.50. The summed E-state index contributed by atoms with van der Waals surface area (Å²) in [5.74, 6) is 2.89. The van der Waals surface area contributed by atoms with E-state index in [1.807, 2.05) is 26.0 Å². The van der Waals surface area contributed by atoms with Gasteiger partial charge >= 0.3 is 7.12 Å². The quantitative estimate of drug-likeness (QED) is 0.541. The van der Waals surface area contributed by atoms with Crippen LogP contribution in [0, 0.1) is 18.2 Å². The fourth-order valence-electron chi connectivity index (χ4n) is 3.08. The first-order chi connectivity index (χ1) is 12.9. The molecule has 0 aliphatic rings. The van der Waals surface area contributed by atoms with Gasteiger partial charge in [0.25, 0.3) is 0 Å². The fourth-order valence-corrected chi connectivity index (χ4v) is 3.08. The van der Waals surface area contributed by atoms with Gasteiger partial charge in [-0.3, -0.25) is 0 Å². The van der Waals surface area contributed by atoms with Crippen LogP contribution in [0.15, 0.2) is 48.5 Å². The summed E-state index contributed by atoms with van der Waals surface area (Å²) in [6.45, 7) is 4.39. The molecule has 0 radical (unpaired) electrons. The number of halogens is 1. The highest BCUT2D eigenvalue weighted by molar-refractivity contribution is 6.58. The molecule has 27 heavy (non-hydrogen) atoms. The van der Waals surface area contributed by atoms with Gasteiger partial charge in [0.2, 0.25) is 0 Å². The van der Waals surface area contributed by atoms with Crippen LogP contribution in [0.5, 0.6) is 5.75 Å². The third kappa shape index (κ3) is 3.98. The lowest BCUT2D eigenvalue weighted by Gasteiger charge is -2.16. The number of benzene rings is 3. The first kappa shape index (κ1) is 19.0. The van der Waals surface area contributed by atoms with Crippen LogP contribution in [0.4, 0.5) is 4.39 Å². The molecule has 0 bridgehead atoms. The van der Waals surface area contributed by atoms with Crippen LogP contribution in [0.1, 0.15) is 36.5 Å². The van der Waals surface area contributed by atoms with Gasteiger partial charge in [-0.25, -0.2) is 4.39 Å². The van der Waals surface area contributed by atoms with Crippen molar-refractivity contribution in [3.63, 3.8) is 0 Å². The first-order valence-electron chi connectivity index (χ1n) is 8.71. The SMILES string of the molecule is C#Cc1c(F)ccc2cc(OCc3ccc(B(O)O)cc3)cc(C(C)C)c12. The summed E-state index contributed by atoms with van der Waals surface area (Å²) < 4.78 is 20.0. The lowest BCUT2D eigenvalue weighted by atomic mass is 9.80. The molecule has 3 nitrogen and oxygen atoms in total. The fraction of sp³-hybridized carbons (Fsp3) is 0.182. The van der Waals surface area contributed by atoms with Crippen LogP contribution >= 0.6 is 0 Å². The molecule has 0 fully saturated rings. The predicted octanol–water partition coefficient (Wildman–Crippen LogP) is 3.34. The summed E-state index contributed by atoms with van der Waals surface area (Å²) in [4.78, 5) is 0. The number of rotatable bonds is 5. The summed E-state index contributed by atoms with van der Waals surface area (Å²) in [5.41, 5.74) is 2.54. The molecule has 2 N–H and O–H groups in total. The van der Waals surface area contributed by atoms with Gasteiger partial charge < -0.3 is 14.8 Å². The highest BCUT2D eigenvalue weighted by atomic mass is 19.1. The maximum atomic E-state index is 14.1. The molecular weight excluding hydrogens is 342 g/mol. The van der Waals surface area contributed by atoms with Crippen LogP contribution < -0.4 is 10.2 Å². The van der Waals surface area contributed by atoms with E-state index in [0.29, 0.717) is 17.8 Å². The molecular formula is C22H20BFO3. The predicted molar refractivity (Wildman–Crippen MR) is 107 cm³/mol. The minimum Gasteiger partial charge on any atom is -0.489 e.